The van der Waals surface area contributed by atoms with Gasteiger partial charge in [-0.05, 0) is 25.7 Å². The Kier molecular flexibility index (Phi) is 8.13. The van der Waals surface area contributed by atoms with Crippen LogP contribution in [0.3, 0.4) is 0 Å². The first kappa shape index (κ1) is 15.0. The SMILES string of the molecule is CCCCCCCCC(C)C(C)(N)CC. The molecule has 0 saturated heterocycles. The molecule has 0 radical (unpaired) electrons. The van der Waals surface area contributed by atoms with Crippen LogP contribution in [-0.4, -0.2) is 5.54 Å². The van der Waals surface area contributed by atoms with Crippen molar-refractivity contribution in [1.29, 1.82) is 0 Å². The molecule has 0 aromatic heterocycles. The molecule has 0 bridgehead atoms. The Morgan fingerprint density at radius 2 is 1.53 bits per heavy atom. The first-order valence-corrected chi connectivity index (χ1v) is 6.83. The van der Waals surface area contributed by atoms with Crippen LogP contribution in [0.25, 0.3) is 0 Å². The van der Waals surface area contributed by atoms with Crippen molar-refractivity contribution >= 4 is 0 Å². The molecule has 0 rings (SSSR count). The average molecular weight is 213 g/mol. The lowest BCUT2D eigenvalue weighted by Gasteiger charge is -2.30. The van der Waals surface area contributed by atoms with Crippen molar-refractivity contribution in [2.75, 3.05) is 0 Å². The maximum atomic E-state index is 6.22. The highest BCUT2D eigenvalue weighted by Gasteiger charge is 2.23. The molecule has 15 heavy (non-hydrogen) atoms. The fraction of sp³-hybridized carbons (Fsp3) is 1.00. The highest BCUT2D eigenvalue weighted by molar-refractivity contribution is 4.82. The minimum Gasteiger partial charge on any atom is -0.325 e. The van der Waals surface area contributed by atoms with E-state index in [4.69, 9.17) is 5.73 Å². The summed E-state index contributed by atoms with van der Waals surface area (Å²) < 4.78 is 0. The van der Waals surface area contributed by atoms with Gasteiger partial charge in [-0.15, -0.1) is 0 Å². The predicted molar refractivity (Wildman–Crippen MR) is 70.0 cm³/mol. The van der Waals surface area contributed by atoms with Crippen LogP contribution in [0.5, 0.6) is 0 Å². The first-order valence-electron chi connectivity index (χ1n) is 6.83. The number of rotatable bonds is 9. The highest BCUT2D eigenvalue weighted by Crippen LogP contribution is 2.23. The highest BCUT2D eigenvalue weighted by atomic mass is 14.7. The van der Waals surface area contributed by atoms with Gasteiger partial charge in [0.1, 0.15) is 0 Å². The number of hydrogen-bond acceptors (Lipinski definition) is 1. The van der Waals surface area contributed by atoms with E-state index in [0.717, 1.165) is 6.42 Å². The summed E-state index contributed by atoms with van der Waals surface area (Å²) in [5.41, 5.74) is 6.27. The summed E-state index contributed by atoms with van der Waals surface area (Å²) >= 11 is 0. The van der Waals surface area contributed by atoms with Crippen LogP contribution in [0, 0.1) is 5.92 Å². The maximum absolute atomic E-state index is 6.22. The van der Waals surface area contributed by atoms with Gasteiger partial charge in [-0.25, -0.2) is 0 Å². The topological polar surface area (TPSA) is 26.0 Å². The van der Waals surface area contributed by atoms with Gasteiger partial charge in [-0.1, -0.05) is 59.3 Å². The lowest BCUT2D eigenvalue weighted by atomic mass is 9.82. The van der Waals surface area contributed by atoms with Gasteiger partial charge in [0.05, 0.1) is 0 Å². The van der Waals surface area contributed by atoms with Gasteiger partial charge >= 0.3 is 0 Å². The zero-order chi connectivity index (χ0) is 11.7. The second kappa shape index (κ2) is 8.15. The summed E-state index contributed by atoms with van der Waals surface area (Å²) in [6.07, 6.45) is 10.7. The lowest BCUT2D eigenvalue weighted by Crippen LogP contribution is -2.42. The molecule has 0 saturated carbocycles. The van der Waals surface area contributed by atoms with Crippen LogP contribution in [0.2, 0.25) is 0 Å². The second-order valence-electron chi connectivity index (χ2n) is 5.32. The Hall–Kier alpha value is -0.0400. The van der Waals surface area contributed by atoms with E-state index in [2.05, 4.69) is 27.7 Å². The molecule has 1 heteroatoms. The van der Waals surface area contributed by atoms with E-state index in [0.29, 0.717) is 5.92 Å². The Bertz CT molecular complexity index is 140. The molecule has 92 valence electrons. The molecule has 0 aromatic carbocycles. The summed E-state index contributed by atoms with van der Waals surface area (Å²) in [5, 5.41) is 0. The van der Waals surface area contributed by atoms with Crippen molar-refractivity contribution in [2.45, 2.75) is 84.6 Å². The van der Waals surface area contributed by atoms with E-state index in [9.17, 15) is 0 Å². The van der Waals surface area contributed by atoms with Gasteiger partial charge in [0.15, 0.2) is 0 Å². The predicted octanol–water partition coefficient (Wildman–Crippen LogP) is 4.50. The van der Waals surface area contributed by atoms with Crippen LogP contribution in [-0.2, 0) is 0 Å². The smallest absolute Gasteiger partial charge is 0.0149 e. The van der Waals surface area contributed by atoms with Crippen LogP contribution in [0.4, 0.5) is 0 Å². The fourth-order valence-corrected chi connectivity index (χ4v) is 1.91. The molecule has 0 aromatic rings. The van der Waals surface area contributed by atoms with Crippen LogP contribution in [0.15, 0.2) is 0 Å². The van der Waals surface area contributed by atoms with Gasteiger partial charge in [0.25, 0.3) is 0 Å². The average Bonchev–Trinajstić information content (AvgIpc) is 2.22. The summed E-state index contributed by atoms with van der Waals surface area (Å²) in [5.74, 6) is 0.661. The zero-order valence-corrected chi connectivity index (χ0v) is 11.3. The molecule has 0 spiro atoms. The van der Waals surface area contributed by atoms with E-state index >= 15 is 0 Å². The van der Waals surface area contributed by atoms with Gasteiger partial charge in [0.2, 0.25) is 0 Å². The standard InChI is InChI=1S/C14H31N/c1-5-7-8-9-10-11-12-13(3)14(4,15)6-2/h13H,5-12,15H2,1-4H3. The molecule has 0 fully saturated rings. The largest absolute Gasteiger partial charge is 0.325 e. The number of nitrogens with two attached hydrogens (primary N) is 1. The Balaban J connectivity index is 3.43. The number of unbranched alkanes of at least 4 members (excludes halogenated alkanes) is 5. The Morgan fingerprint density at radius 1 is 1.00 bits per heavy atom. The van der Waals surface area contributed by atoms with Gasteiger partial charge < -0.3 is 5.73 Å². The molecule has 1 nitrogen and oxygen atoms in total. The molecular formula is C14H31N. The third-order valence-corrected chi connectivity index (χ3v) is 3.88. The van der Waals surface area contributed by atoms with Crippen LogP contribution < -0.4 is 5.73 Å². The van der Waals surface area contributed by atoms with Crippen LogP contribution >= 0.6 is 0 Å². The van der Waals surface area contributed by atoms with E-state index < -0.39 is 0 Å². The fourth-order valence-electron chi connectivity index (χ4n) is 1.91. The van der Waals surface area contributed by atoms with Gasteiger partial charge in [-0.2, -0.15) is 0 Å². The quantitative estimate of drug-likeness (QED) is 0.561. The molecule has 0 aliphatic carbocycles. The molecule has 2 atom stereocenters. The summed E-state index contributed by atoms with van der Waals surface area (Å²) in [6.45, 7) is 8.95. The normalized spacial score (nSPS) is 17.4. The Labute approximate surface area is 96.8 Å². The molecule has 0 heterocycles. The molecule has 0 aliphatic rings. The van der Waals surface area contributed by atoms with Crippen molar-refractivity contribution in [1.82, 2.24) is 0 Å². The van der Waals surface area contributed by atoms with Crippen molar-refractivity contribution in [2.24, 2.45) is 11.7 Å². The summed E-state index contributed by atoms with van der Waals surface area (Å²) in [6, 6.07) is 0. The number of hydrogen-bond donors (Lipinski definition) is 1. The minimum atomic E-state index is 0.0451. The Morgan fingerprint density at radius 3 is 2.07 bits per heavy atom. The minimum absolute atomic E-state index is 0.0451. The van der Waals surface area contributed by atoms with E-state index in [1.165, 1.54) is 44.9 Å². The second-order valence-corrected chi connectivity index (χ2v) is 5.32. The molecule has 0 amide bonds. The van der Waals surface area contributed by atoms with Crippen molar-refractivity contribution in [3.63, 3.8) is 0 Å². The summed E-state index contributed by atoms with van der Waals surface area (Å²) in [7, 11) is 0. The van der Waals surface area contributed by atoms with E-state index in [1.807, 2.05) is 0 Å². The first-order chi connectivity index (χ1) is 7.04. The maximum Gasteiger partial charge on any atom is 0.0149 e. The molecule has 2 unspecified atom stereocenters. The monoisotopic (exact) mass is 213 g/mol. The molecule has 0 aliphatic heterocycles. The third kappa shape index (κ3) is 6.94. The van der Waals surface area contributed by atoms with E-state index in [-0.39, 0.29) is 5.54 Å². The zero-order valence-electron chi connectivity index (χ0n) is 11.3. The summed E-state index contributed by atoms with van der Waals surface area (Å²) in [4.78, 5) is 0. The van der Waals surface area contributed by atoms with Crippen molar-refractivity contribution in [3.8, 4) is 0 Å². The van der Waals surface area contributed by atoms with Crippen LogP contribution in [0.1, 0.15) is 79.1 Å². The molecular weight excluding hydrogens is 182 g/mol. The lowest BCUT2D eigenvalue weighted by molar-refractivity contribution is 0.283. The van der Waals surface area contributed by atoms with Crippen molar-refractivity contribution in [3.05, 3.63) is 0 Å². The van der Waals surface area contributed by atoms with Gasteiger partial charge in [0, 0.05) is 5.54 Å². The third-order valence-electron chi connectivity index (χ3n) is 3.88. The van der Waals surface area contributed by atoms with E-state index in [1.54, 1.807) is 0 Å². The van der Waals surface area contributed by atoms with Gasteiger partial charge in [-0.3, -0.25) is 0 Å². The molecule has 2 N–H and O–H groups in total. The van der Waals surface area contributed by atoms with Crippen molar-refractivity contribution < 1.29 is 0 Å².